The third-order valence-electron chi connectivity index (χ3n) is 8.20. The summed E-state index contributed by atoms with van der Waals surface area (Å²) in [7, 11) is 0. The van der Waals surface area contributed by atoms with E-state index in [0.29, 0.717) is 24.8 Å². The van der Waals surface area contributed by atoms with Crippen molar-refractivity contribution in [1.82, 2.24) is 19.7 Å². The number of aromatic nitrogens is 4. The Bertz CT molecular complexity index is 1890. The van der Waals surface area contributed by atoms with E-state index in [-0.39, 0.29) is 18.0 Å². The van der Waals surface area contributed by atoms with Crippen molar-refractivity contribution in [1.29, 1.82) is 0 Å². The normalized spacial score (nSPS) is 13.8. The molecule has 43 heavy (non-hydrogen) atoms. The van der Waals surface area contributed by atoms with E-state index in [4.69, 9.17) is 14.2 Å². The first-order valence-corrected chi connectivity index (χ1v) is 14.7. The smallest absolute Gasteiger partial charge is 0.439 e. The number of hydrogen-bond acceptors (Lipinski definition) is 6. The Morgan fingerprint density at radius 3 is 2.51 bits per heavy atom. The van der Waals surface area contributed by atoms with Gasteiger partial charge < -0.3 is 4.74 Å². The molecule has 7 rings (SSSR count). The van der Waals surface area contributed by atoms with E-state index in [0.717, 1.165) is 94.9 Å². The summed E-state index contributed by atoms with van der Waals surface area (Å²) in [4.78, 5) is 33.7. The standard InChI is InChI=1S/C34H32N4O4.ClH/c1-2-3-8-29-28(33(39)38(32(35-29)23-13-14-23)25-15-16-30-24(20-25)17-18-41-30)19-21-9-11-22(12-10-21)26-6-4-5-7-27(26)31-36-34(40)42-37-31;/h4-7,9-12,15-16,20,23H,2-3,8,13-14,17-19H2,1H3,(H,36,37,40);1H. The highest BCUT2D eigenvalue weighted by molar-refractivity contribution is 5.85. The lowest BCUT2D eigenvalue weighted by Crippen LogP contribution is -2.29. The Hall–Kier alpha value is -4.43. The number of rotatable bonds is 9. The van der Waals surface area contributed by atoms with Gasteiger partial charge in [-0.1, -0.05) is 67.0 Å². The highest BCUT2D eigenvalue weighted by Gasteiger charge is 2.31. The molecule has 1 N–H and O–H groups in total. The summed E-state index contributed by atoms with van der Waals surface area (Å²) in [6.45, 7) is 2.85. The van der Waals surface area contributed by atoms with Crippen LogP contribution in [0.4, 0.5) is 0 Å². The van der Waals surface area contributed by atoms with Crippen LogP contribution in [0.1, 0.15) is 66.7 Å². The molecule has 5 aromatic rings. The number of H-pyrrole nitrogens is 1. The Balaban J connectivity index is 0.00000329. The summed E-state index contributed by atoms with van der Waals surface area (Å²) >= 11 is 0. The van der Waals surface area contributed by atoms with Crippen LogP contribution in [0, 0.1) is 0 Å². The SMILES string of the molecule is CCCCc1nc(C2CC2)n(-c2ccc3c(c2)CCO3)c(=O)c1Cc1ccc(-c2ccccc2-c2noc(=O)[nH]2)cc1.Cl. The van der Waals surface area contributed by atoms with Crippen LogP contribution in [-0.2, 0) is 19.3 Å². The first-order valence-electron chi connectivity index (χ1n) is 14.7. The fourth-order valence-electron chi connectivity index (χ4n) is 5.82. The number of halogens is 1. The second kappa shape index (κ2) is 12.1. The van der Waals surface area contributed by atoms with Gasteiger partial charge in [0.25, 0.3) is 5.56 Å². The summed E-state index contributed by atoms with van der Waals surface area (Å²) in [6, 6.07) is 22.0. The summed E-state index contributed by atoms with van der Waals surface area (Å²) < 4.78 is 12.3. The quantitative estimate of drug-likeness (QED) is 0.211. The van der Waals surface area contributed by atoms with Gasteiger partial charge in [-0.3, -0.25) is 18.9 Å². The maximum atomic E-state index is 14.3. The molecule has 1 aliphatic carbocycles. The molecule has 0 radical (unpaired) electrons. The minimum Gasteiger partial charge on any atom is -0.493 e. The number of hydrogen-bond donors (Lipinski definition) is 1. The van der Waals surface area contributed by atoms with Crippen LogP contribution in [0.3, 0.4) is 0 Å². The third-order valence-corrected chi connectivity index (χ3v) is 8.20. The molecule has 3 heterocycles. The molecule has 8 nitrogen and oxygen atoms in total. The molecule has 2 aliphatic rings. The number of nitrogens with zero attached hydrogens (tertiary/aromatic N) is 3. The van der Waals surface area contributed by atoms with Gasteiger partial charge in [-0.15, -0.1) is 12.4 Å². The van der Waals surface area contributed by atoms with Gasteiger partial charge in [-0.05, 0) is 66.1 Å². The minimum absolute atomic E-state index is 0. The average Bonchev–Trinajstić information content (AvgIpc) is 3.60. The van der Waals surface area contributed by atoms with Gasteiger partial charge in [0.1, 0.15) is 11.6 Å². The van der Waals surface area contributed by atoms with E-state index in [9.17, 15) is 9.59 Å². The molecule has 9 heteroatoms. The maximum Gasteiger partial charge on any atom is 0.439 e. The van der Waals surface area contributed by atoms with Crippen molar-refractivity contribution in [3.05, 3.63) is 116 Å². The minimum atomic E-state index is -0.589. The average molecular weight is 597 g/mol. The predicted molar refractivity (Wildman–Crippen MR) is 168 cm³/mol. The van der Waals surface area contributed by atoms with Gasteiger partial charge in [0.05, 0.1) is 18.0 Å². The lowest BCUT2D eigenvalue weighted by Gasteiger charge is -2.18. The Morgan fingerprint density at radius 2 is 1.79 bits per heavy atom. The molecular weight excluding hydrogens is 564 g/mol. The van der Waals surface area contributed by atoms with Crippen molar-refractivity contribution in [3.63, 3.8) is 0 Å². The second-order valence-corrected chi connectivity index (χ2v) is 11.2. The zero-order valence-electron chi connectivity index (χ0n) is 24.0. The van der Waals surface area contributed by atoms with E-state index in [1.807, 2.05) is 53.1 Å². The topological polar surface area (TPSA) is 103 Å². The zero-order valence-corrected chi connectivity index (χ0v) is 24.8. The predicted octanol–water partition coefficient (Wildman–Crippen LogP) is 6.41. The van der Waals surface area contributed by atoms with Gasteiger partial charge in [0.15, 0.2) is 5.82 Å². The van der Waals surface area contributed by atoms with E-state index in [1.165, 1.54) is 0 Å². The van der Waals surface area contributed by atoms with Crippen LogP contribution < -0.4 is 16.1 Å². The molecular formula is C34H33ClN4O4. The van der Waals surface area contributed by atoms with Crippen molar-refractivity contribution in [2.24, 2.45) is 0 Å². The van der Waals surface area contributed by atoms with Crippen molar-refractivity contribution in [2.75, 3.05) is 6.61 Å². The first kappa shape index (κ1) is 28.7. The first-order chi connectivity index (χ1) is 20.6. The number of ether oxygens (including phenoxy) is 1. The fourth-order valence-corrected chi connectivity index (χ4v) is 5.82. The molecule has 0 unspecified atom stereocenters. The molecule has 1 saturated carbocycles. The fraction of sp³-hybridized carbons (Fsp3) is 0.294. The molecule has 1 fully saturated rings. The Kier molecular flexibility index (Phi) is 8.04. The largest absolute Gasteiger partial charge is 0.493 e. The van der Waals surface area contributed by atoms with Crippen LogP contribution in [0.2, 0.25) is 0 Å². The molecule has 0 spiro atoms. The summed E-state index contributed by atoms with van der Waals surface area (Å²) in [5.74, 6) is 1.93. The summed E-state index contributed by atoms with van der Waals surface area (Å²) in [6.07, 6.45) is 6.32. The van der Waals surface area contributed by atoms with Crippen molar-refractivity contribution >= 4 is 12.4 Å². The van der Waals surface area contributed by atoms with Crippen LogP contribution in [-0.4, -0.2) is 26.3 Å². The Labute approximate surface area is 255 Å². The summed E-state index contributed by atoms with van der Waals surface area (Å²) in [5, 5.41) is 3.87. The van der Waals surface area contributed by atoms with Crippen molar-refractivity contribution in [3.8, 4) is 34.0 Å². The van der Waals surface area contributed by atoms with Crippen LogP contribution in [0.5, 0.6) is 5.75 Å². The number of unbranched alkanes of at least 4 members (excludes halogenated alkanes) is 1. The lowest BCUT2D eigenvalue weighted by molar-refractivity contribution is 0.357. The van der Waals surface area contributed by atoms with Gasteiger partial charge in [-0.25, -0.2) is 9.78 Å². The number of aromatic amines is 1. The van der Waals surface area contributed by atoms with Gasteiger partial charge in [0, 0.05) is 29.9 Å². The van der Waals surface area contributed by atoms with Gasteiger partial charge in [-0.2, -0.15) is 0 Å². The van der Waals surface area contributed by atoms with E-state index in [2.05, 4.69) is 35.3 Å². The molecule has 3 aromatic carbocycles. The maximum absolute atomic E-state index is 14.3. The number of fused-ring (bicyclic) bond motifs is 1. The van der Waals surface area contributed by atoms with Crippen LogP contribution >= 0.6 is 12.4 Å². The van der Waals surface area contributed by atoms with E-state index in [1.54, 1.807) is 0 Å². The van der Waals surface area contributed by atoms with Gasteiger partial charge >= 0.3 is 5.76 Å². The monoisotopic (exact) mass is 596 g/mol. The molecule has 1 aliphatic heterocycles. The molecule has 0 saturated heterocycles. The number of aryl methyl sites for hydroxylation is 1. The van der Waals surface area contributed by atoms with Gasteiger partial charge in [0.2, 0.25) is 0 Å². The molecule has 0 bridgehead atoms. The molecule has 0 atom stereocenters. The third kappa shape index (κ3) is 5.67. The van der Waals surface area contributed by atoms with Crippen LogP contribution in [0.25, 0.3) is 28.2 Å². The highest BCUT2D eigenvalue weighted by Crippen LogP contribution is 2.40. The molecule has 0 amide bonds. The van der Waals surface area contributed by atoms with Crippen molar-refractivity contribution in [2.45, 2.75) is 57.8 Å². The molecule has 2 aromatic heterocycles. The lowest BCUT2D eigenvalue weighted by atomic mass is 9.96. The Morgan fingerprint density at radius 1 is 1.00 bits per heavy atom. The van der Waals surface area contributed by atoms with Crippen molar-refractivity contribution < 1.29 is 9.26 Å². The number of nitrogens with one attached hydrogen (secondary N) is 1. The second-order valence-electron chi connectivity index (χ2n) is 11.2. The van der Waals surface area contributed by atoms with E-state index < -0.39 is 5.76 Å². The zero-order chi connectivity index (χ0) is 28.6. The molecule has 220 valence electrons. The summed E-state index contributed by atoms with van der Waals surface area (Å²) in [5.41, 5.74) is 7.45. The number of benzene rings is 3. The van der Waals surface area contributed by atoms with E-state index >= 15 is 0 Å². The van der Waals surface area contributed by atoms with Crippen LogP contribution in [0.15, 0.2) is 80.8 Å². The highest BCUT2D eigenvalue weighted by atomic mass is 35.5.